The van der Waals surface area contributed by atoms with Crippen molar-refractivity contribution in [3.8, 4) is 0 Å². The molecule has 1 amide bonds. The quantitative estimate of drug-likeness (QED) is 0.650. The van der Waals surface area contributed by atoms with Crippen LogP contribution in [-0.4, -0.2) is 85.2 Å². The SMILES string of the molecule is CCN(CC)CCCC1CCN(CC(=O)N2CCO[C@H]3CCCC[C@H]32)CC1. The van der Waals surface area contributed by atoms with E-state index < -0.39 is 0 Å². The number of carbonyl (C=O) groups excluding carboxylic acids is 1. The number of nitrogens with zero attached hydrogens (tertiary/aromatic N) is 3. The fraction of sp³-hybridized carbons (Fsp3) is 0.955. The summed E-state index contributed by atoms with van der Waals surface area (Å²) in [5.41, 5.74) is 0. The molecule has 27 heavy (non-hydrogen) atoms. The molecule has 3 aliphatic rings. The second kappa shape index (κ2) is 10.8. The summed E-state index contributed by atoms with van der Waals surface area (Å²) in [7, 11) is 0. The van der Waals surface area contributed by atoms with Gasteiger partial charge in [-0.25, -0.2) is 0 Å². The van der Waals surface area contributed by atoms with Crippen LogP contribution < -0.4 is 0 Å². The minimum absolute atomic E-state index is 0.299. The lowest BCUT2D eigenvalue weighted by Crippen LogP contribution is -2.57. The zero-order chi connectivity index (χ0) is 19.1. The summed E-state index contributed by atoms with van der Waals surface area (Å²) in [5, 5.41) is 0. The van der Waals surface area contributed by atoms with E-state index in [0.717, 1.165) is 45.0 Å². The number of hydrogen-bond acceptors (Lipinski definition) is 4. The van der Waals surface area contributed by atoms with E-state index in [9.17, 15) is 4.79 Å². The Balaban J connectivity index is 1.36. The van der Waals surface area contributed by atoms with E-state index in [1.165, 1.54) is 58.2 Å². The van der Waals surface area contributed by atoms with Crippen LogP contribution in [0.15, 0.2) is 0 Å². The first kappa shape index (κ1) is 21.1. The van der Waals surface area contributed by atoms with Crippen molar-refractivity contribution in [3.05, 3.63) is 0 Å². The van der Waals surface area contributed by atoms with Crippen LogP contribution in [0.4, 0.5) is 0 Å². The molecule has 3 rings (SSSR count). The van der Waals surface area contributed by atoms with Gasteiger partial charge in [-0.1, -0.05) is 26.7 Å². The molecule has 0 bridgehead atoms. The molecule has 2 heterocycles. The Morgan fingerprint density at radius 1 is 1.04 bits per heavy atom. The van der Waals surface area contributed by atoms with Crippen molar-refractivity contribution in [1.82, 2.24) is 14.7 Å². The normalized spacial score (nSPS) is 27.7. The molecular formula is C22H41N3O2. The van der Waals surface area contributed by atoms with Gasteiger partial charge in [0.15, 0.2) is 0 Å². The minimum Gasteiger partial charge on any atom is -0.374 e. The Morgan fingerprint density at radius 2 is 1.78 bits per heavy atom. The van der Waals surface area contributed by atoms with Gasteiger partial charge in [-0.15, -0.1) is 0 Å². The highest BCUT2D eigenvalue weighted by Gasteiger charge is 2.37. The van der Waals surface area contributed by atoms with Gasteiger partial charge in [0.2, 0.25) is 5.91 Å². The van der Waals surface area contributed by atoms with Gasteiger partial charge < -0.3 is 14.5 Å². The maximum Gasteiger partial charge on any atom is 0.237 e. The van der Waals surface area contributed by atoms with Crippen LogP contribution in [0.5, 0.6) is 0 Å². The highest BCUT2D eigenvalue weighted by molar-refractivity contribution is 5.78. The predicted octanol–water partition coefficient (Wildman–Crippen LogP) is 2.99. The van der Waals surface area contributed by atoms with Crippen molar-refractivity contribution in [2.75, 3.05) is 52.4 Å². The van der Waals surface area contributed by atoms with Crippen molar-refractivity contribution < 1.29 is 9.53 Å². The molecule has 0 N–H and O–H groups in total. The number of ether oxygens (including phenoxy) is 1. The monoisotopic (exact) mass is 379 g/mol. The molecule has 0 aromatic carbocycles. The van der Waals surface area contributed by atoms with Gasteiger partial charge in [0.05, 0.1) is 25.3 Å². The van der Waals surface area contributed by atoms with E-state index in [4.69, 9.17) is 4.74 Å². The molecule has 0 aromatic heterocycles. The van der Waals surface area contributed by atoms with Crippen LogP contribution in [0.3, 0.4) is 0 Å². The van der Waals surface area contributed by atoms with Crippen molar-refractivity contribution in [1.29, 1.82) is 0 Å². The van der Waals surface area contributed by atoms with E-state index in [2.05, 4.69) is 28.5 Å². The molecule has 2 saturated heterocycles. The fourth-order valence-electron chi connectivity index (χ4n) is 5.26. The summed E-state index contributed by atoms with van der Waals surface area (Å²) < 4.78 is 5.93. The average molecular weight is 380 g/mol. The first-order chi connectivity index (χ1) is 13.2. The molecule has 2 aliphatic heterocycles. The van der Waals surface area contributed by atoms with Crippen molar-refractivity contribution >= 4 is 5.91 Å². The second-order valence-corrected chi connectivity index (χ2v) is 8.74. The third kappa shape index (κ3) is 5.91. The largest absolute Gasteiger partial charge is 0.374 e. The molecule has 1 aliphatic carbocycles. The number of carbonyl (C=O) groups is 1. The molecular weight excluding hydrogens is 338 g/mol. The van der Waals surface area contributed by atoms with Gasteiger partial charge in [-0.2, -0.15) is 0 Å². The number of hydrogen-bond donors (Lipinski definition) is 0. The van der Waals surface area contributed by atoms with Crippen LogP contribution in [0, 0.1) is 5.92 Å². The summed E-state index contributed by atoms with van der Waals surface area (Å²) in [5.74, 6) is 1.20. The van der Waals surface area contributed by atoms with Gasteiger partial charge in [0.25, 0.3) is 0 Å². The number of fused-ring (bicyclic) bond motifs is 1. The van der Waals surface area contributed by atoms with Crippen LogP contribution in [0.1, 0.15) is 65.2 Å². The van der Waals surface area contributed by atoms with E-state index in [0.29, 0.717) is 24.6 Å². The van der Waals surface area contributed by atoms with E-state index in [-0.39, 0.29) is 0 Å². The smallest absolute Gasteiger partial charge is 0.237 e. The predicted molar refractivity (Wildman–Crippen MR) is 110 cm³/mol. The highest BCUT2D eigenvalue weighted by atomic mass is 16.5. The minimum atomic E-state index is 0.299. The van der Waals surface area contributed by atoms with Gasteiger partial charge in [-0.05, 0) is 77.2 Å². The lowest BCUT2D eigenvalue weighted by Gasteiger charge is -2.44. The van der Waals surface area contributed by atoms with Crippen molar-refractivity contribution in [3.63, 3.8) is 0 Å². The Labute approximate surface area is 166 Å². The standard InChI is InChI=1S/C22H41N3O2/c1-3-23(4-2)13-7-8-19-11-14-24(15-12-19)18-22(26)25-16-17-27-21-10-6-5-9-20(21)25/h19-21H,3-18H2,1-2H3/t20-,21+/m1/s1. The van der Waals surface area contributed by atoms with Crippen LogP contribution >= 0.6 is 0 Å². The summed E-state index contributed by atoms with van der Waals surface area (Å²) in [6.07, 6.45) is 10.3. The Hall–Kier alpha value is -0.650. The van der Waals surface area contributed by atoms with E-state index >= 15 is 0 Å². The fourth-order valence-corrected chi connectivity index (χ4v) is 5.26. The highest BCUT2D eigenvalue weighted by Crippen LogP contribution is 2.29. The third-order valence-electron chi connectivity index (χ3n) is 7.10. The summed E-state index contributed by atoms with van der Waals surface area (Å²) >= 11 is 0. The Kier molecular flexibility index (Phi) is 8.41. The van der Waals surface area contributed by atoms with Crippen LogP contribution in [0.2, 0.25) is 0 Å². The molecule has 3 fully saturated rings. The molecule has 0 spiro atoms. The molecule has 5 nitrogen and oxygen atoms in total. The summed E-state index contributed by atoms with van der Waals surface area (Å²) in [6, 6.07) is 0.345. The first-order valence-electron chi connectivity index (χ1n) is 11.6. The second-order valence-electron chi connectivity index (χ2n) is 8.74. The Morgan fingerprint density at radius 3 is 2.52 bits per heavy atom. The molecule has 0 unspecified atom stereocenters. The van der Waals surface area contributed by atoms with Gasteiger partial charge >= 0.3 is 0 Å². The number of amides is 1. The molecule has 5 heteroatoms. The van der Waals surface area contributed by atoms with Crippen molar-refractivity contribution in [2.24, 2.45) is 5.92 Å². The molecule has 0 aromatic rings. The first-order valence-corrected chi connectivity index (χ1v) is 11.6. The van der Waals surface area contributed by atoms with Gasteiger partial charge in [0.1, 0.15) is 0 Å². The summed E-state index contributed by atoms with van der Waals surface area (Å²) in [4.78, 5) is 20.0. The number of morpholine rings is 1. The number of rotatable bonds is 8. The lowest BCUT2D eigenvalue weighted by atomic mass is 9.90. The zero-order valence-electron chi connectivity index (χ0n) is 17.7. The molecule has 0 radical (unpaired) electrons. The maximum absolute atomic E-state index is 12.9. The van der Waals surface area contributed by atoms with Crippen LogP contribution in [0.25, 0.3) is 0 Å². The molecule has 2 atom stereocenters. The average Bonchev–Trinajstić information content (AvgIpc) is 2.72. The topological polar surface area (TPSA) is 36.0 Å². The van der Waals surface area contributed by atoms with E-state index in [1.807, 2.05) is 0 Å². The van der Waals surface area contributed by atoms with Gasteiger partial charge in [-0.3, -0.25) is 9.69 Å². The van der Waals surface area contributed by atoms with Crippen molar-refractivity contribution in [2.45, 2.75) is 77.4 Å². The third-order valence-corrected chi connectivity index (χ3v) is 7.10. The number of likely N-dealkylation sites (tertiary alicyclic amines) is 1. The van der Waals surface area contributed by atoms with E-state index in [1.54, 1.807) is 0 Å². The molecule has 1 saturated carbocycles. The maximum atomic E-state index is 12.9. The summed E-state index contributed by atoms with van der Waals surface area (Å²) in [6.45, 7) is 12.4. The zero-order valence-corrected chi connectivity index (χ0v) is 17.7. The Bertz CT molecular complexity index is 445. The lowest BCUT2D eigenvalue weighted by molar-refractivity contribution is -0.151. The number of piperidine rings is 1. The van der Waals surface area contributed by atoms with Gasteiger partial charge in [0, 0.05) is 6.54 Å². The molecule has 156 valence electrons. The van der Waals surface area contributed by atoms with Crippen LogP contribution in [-0.2, 0) is 9.53 Å².